The van der Waals surface area contributed by atoms with Gasteiger partial charge in [0.2, 0.25) is 12.0 Å². The van der Waals surface area contributed by atoms with E-state index >= 15 is 0 Å². The van der Waals surface area contributed by atoms with Gasteiger partial charge < -0.3 is 14.2 Å². The zero-order valence-corrected chi connectivity index (χ0v) is 9.32. The van der Waals surface area contributed by atoms with Crippen LogP contribution < -0.4 is 0 Å². The fraction of sp³-hybridized carbons (Fsp3) is 0.727. The summed E-state index contributed by atoms with van der Waals surface area (Å²) in [6, 6.07) is 0. The molecule has 0 aromatic rings. The van der Waals surface area contributed by atoms with Crippen LogP contribution in [0.3, 0.4) is 0 Å². The van der Waals surface area contributed by atoms with E-state index in [2.05, 4.69) is 6.92 Å². The number of hydrogen-bond acceptors (Lipinski definition) is 4. The van der Waals surface area contributed by atoms with Crippen LogP contribution in [0.1, 0.15) is 33.1 Å². The van der Waals surface area contributed by atoms with Crippen molar-refractivity contribution in [3.63, 3.8) is 0 Å². The molecule has 1 heterocycles. The summed E-state index contributed by atoms with van der Waals surface area (Å²) in [5.41, 5.74) is 0. The van der Waals surface area contributed by atoms with E-state index in [9.17, 15) is 4.79 Å². The third-order valence-corrected chi connectivity index (χ3v) is 2.03. The van der Waals surface area contributed by atoms with Gasteiger partial charge in [-0.2, -0.15) is 0 Å². The first-order chi connectivity index (χ1) is 7.27. The van der Waals surface area contributed by atoms with Gasteiger partial charge in [0.25, 0.3) is 0 Å². The van der Waals surface area contributed by atoms with Crippen LogP contribution in [0.5, 0.6) is 0 Å². The molecule has 0 N–H and O–H groups in total. The molecule has 1 atom stereocenters. The molecule has 1 rings (SSSR count). The maximum Gasteiger partial charge on any atom is 0.373 e. The number of esters is 1. The normalized spacial score (nSPS) is 19.6. The van der Waals surface area contributed by atoms with Crippen LogP contribution in [0.2, 0.25) is 0 Å². The lowest BCUT2D eigenvalue weighted by molar-refractivity contribution is -0.151. The quantitative estimate of drug-likeness (QED) is 0.501. The van der Waals surface area contributed by atoms with Crippen LogP contribution in [0.4, 0.5) is 0 Å². The van der Waals surface area contributed by atoms with Gasteiger partial charge in [-0.05, 0) is 19.4 Å². The molecule has 1 aliphatic heterocycles. The van der Waals surface area contributed by atoms with Crippen LogP contribution in [-0.2, 0) is 19.0 Å². The molecule has 1 unspecified atom stereocenters. The first-order valence-corrected chi connectivity index (χ1v) is 5.43. The van der Waals surface area contributed by atoms with Gasteiger partial charge in [-0.15, -0.1) is 0 Å². The lowest BCUT2D eigenvalue weighted by Gasteiger charge is -2.13. The van der Waals surface area contributed by atoms with Gasteiger partial charge in [-0.1, -0.05) is 13.3 Å². The molecule has 15 heavy (non-hydrogen) atoms. The van der Waals surface area contributed by atoms with Crippen LogP contribution in [0, 0.1) is 0 Å². The molecule has 0 bridgehead atoms. The molecule has 0 saturated heterocycles. The van der Waals surface area contributed by atoms with Crippen molar-refractivity contribution in [3.05, 3.63) is 11.8 Å². The van der Waals surface area contributed by atoms with Crippen molar-refractivity contribution in [2.45, 2.75) is 39.4 Å². The summed E-state index contributed by atoms with van der Waals surface area (Å²) in [4.78, 5) is 11.2. The molecule has 0 amide bonds. The number of hydrogen-bond donors (Lipinski definition) is 0. The summed E-state index contributed by atoms with van der Waals surface area (Å²) < 4.78 is 15.5. The van der Waals surface area contributed by atoms with Crippen LogP contribution >= 0.6 is 0 Å². The summed E-state index contributed by atoms with van der Waals surface area (Å²) >= 11 is 0. The Morgan fingerprint density at radius 3 is 3.07 bits per heavy atom. The molecule has 86 valence electrons. The number of carbonyl (C=O) groups excluding carboxylic acids is 1. The average Bonchev–Trinajstić information content (AvgIpc) is 2.67. The van der Waals surface area contributed by atoms with Crippen molar-refractivity contribution in [1.82, 2.24) is 0 Å². The summed E-state index contributed by atoms with van der Waals surface area (Å²) in [5.74, 6) is -0.127. The molecule has 0 spiro atoms. The molecule has 0 aliphatic carbocycles. The highest BCUT2D eigenvalue weighted by molar-refractivity contribution is 5.86. The summed E-state index contributed by atoms with van der Waals surface area (Å²) in [6.07, 6.45) is 4.13. The van der Waals surface area contributed by atoms with E-state index in [1.54, 1.807) is 13.0 Å². The lowest BCUT2D eigenvalue weighted by Crippen LogP contribution is -2.15. The molecule has 0 fully saturated rings. The Kier molecular flexibility index (Phi) is 5.18. The lowest BCUT2D eigenvalue weighted by atomic mass is 10.3. The minimum Gasteiger partial charge on any atom is -0.460 e. The topological polar surface area (TPSA) is 44.8 Å². The third-order valence-electron chi connectivity index (χ3n) is 2.03. The molecule has 0 radical (unpaired) electrons. The van der Waals surface area contributed by atoms with E-state index in [1.165, 1.54) is 0 Å². The van der Waals surface area contributed by atoms with Gasteiger partial charge in [0.05, 0.1) is 13.2 Å². The Balaban J connectivity index is 2.21. The standard InChI is InChI=1S/C11H18O4/c1-3-5-8-14-10-7-6-9(15-10)11(12)13-4-2/h6,10H,3-5,7-8H2,1-2H3. The SMILES string of the molecule is CCCCOC1CC=C(C(=O)OCC)O1. The molecule has 0 aromatic carbocycles. The van der Waals surface area contributed by atoms with Gasteiger partial charge in [0.15, 0.2) is 0 Å². The second-order valence-corrected chi connectivity index (χ2v) is 3.30. The summed E-state index contributed by atoms with van der Waals surface area (Å²) in [6.45, 7) is 4.90. The predicted octanol–water partition coefficient (Wildman–Crippen LogP) is 2.00. The van der Waals surface area contributed by atoms with Crippen molar-refractivity contribution in [3.8, 4) is 0 Å². The minimum atomic E-state index is -0.404. The van der Waals surface area contributed by atoms with E-state index in [0.717, 1.165) is 12.8 Å². The molecular weight excluding hydrogens is 196 g/mol. The van der Waals surface area contributed by atoms with Gasteiger partial charge in [-0.3, -0.25) is 0 Å². The molecule has 1 aliphatic rings. The number of rotatable bonds is 6. The van der Waals surface area contributed by atoms with Gasteiger partial charge in [-0.25, -0.2) is 4.79 Å². The fourth-order valence-corrected chi connectivity index (χ4v) is 1.24. The van der Waals surface area contributed by atoms with E-state index in [1.807, 2.05) is 0 Å². The zero-order valence-electron chi connectivity index (χ0n) is 9.32. The fourth-order valence-electron chi connectivity index (χ4n) is 1.24. The number of ether oxygens (including phenoxy) is 3. The summed E-state index contributed by atoms with van der Waals surface area (Å²) in [7, 11) is 0. The summed E-state index contributed by atoms with van der Waals surface area (Å²) in [5, 5.41) is 0. The van der Waals surface area contributed by atoms with Gasteiger partial charge in [0.1, 0.15) is 0 Å². The molecule has 0 aromatic heterocycles. The smallest absolute Gasteiger partial charge is 0.373 e. The second-order valence-electron chi connectivity index (χ2n) is 3.30. The maximum absolute atomic E-state index is 11.2. The van der Waals surface area contributed by atoms with Gasteiger partial charge >= 0.3 is 5.97 Å². The molecule has 4 heteroatoms. The predicted molar refractivity (Wildman–Crippen MR) is 55.1 cm³/mol. The number of carbonyl (C=O) groups is 1. The maximum atomic E-state index is 11.2. The monoisotopic (exact) mass is 214 g/mol. The molecule has 4 nitrogen and oxygen atoms in total. The highest BCUT2D eigenvalue weighted by atomic mass is 16.7. The van der Waals surface area contributed by atoms with Crippen molar-refractivity contribution in [1.29, 1.82) is 0 Å². The minimum absolute atomic E-state index is 0.276. The first-order valence-electron chi connectivity index (χ1n) is 5.43. The highest BCUT2D eigenvalue weighted by Crippen LogP contribution is 2.19. The zero-order chi connectivity index (χ0) is 11.1. The van der Waals surface area contributed by atoms with Crippen molar-refractivity contribution < 1.29 is 19.0 Å². The van der Waals surface area contributed by atoms with Crippen molar-refractivity contribution >= 4 is 5.97 Å². The van der Waals surface area contributed by atoms with Crippen molar-refractivity contribution in [2.24, 2.45) is 0 Å². The van der Waals surface area contributed by atoms with Crippen LogP contribution in [0.25, 0.3) is 0 Å². The Labute approximate surface area is 90.2 Å². The van der Waals surface area contributed by atoms with Gasteiger partial charge in [0, 0.05) is 6.42 Å². The second kappa shape index (κ2) is 6.45. The molecular formula is C11H18O4. The largest absolute Gasteiger partial charge is 0.460 e. The van der Waals surface area contributed by atoms with E-state index in [0.29, 0.717) is 19.6 Å². The average molecular weight is 214 g/mol. The number of unbranched alkanes of at least 4 members (excludes halogenated alkanes) is 1. The van der Waals surface area contributed by atoms with Crippen LogP contribution in [-0.4, -0.2) is 25.5 Å². The Morgan fingerprint density at radius 2 is 2.40 bits per heavy atom. The van der Waals surface area contributed by atoms with Crippen molar-refractivity contribution in [2.75, 3.05) is 13.2 Å². The third kappa shape index (κ3) is 3.91. The Hall–Kier alpha value is -1.03. The Bertz CT molecular complexity index is 235. The van der Waals surface area contributed by atoms with E-state index in [-0.39, 0.29) is 12.0 Å². The van der Waals surface area contributed by atoms with E-state index in [4.69, 9.17) is 14.2 Å². The Morgan fingerprint density at radius 1 is 1.60 bits per heavy atom. The van der Waals surface area contributed by atoms with Crippen LogP contribution in [0.15, 0.2) is 11.8 Å². The molecule has 0 saturated carbocycles. The first kappa shape index (κ1) is 12.0. The van der Waals surface area contributed by atoms with E-state index < -0.39 is 5.97 Å². The highest BCUT2D eigenvalue weighted by Gasteiger charge is 2.24.